The fraction of sp³-hybridized carbons (Fsp3) is 0.214. The number of aliphatic hydroxyl groups is 1. The summed E-state index contributed by atoms with van der Waals surface area (Å²) in [5, 5.41) is 11.7. The number of nitrogens with zero attached hydrogens (tertiary/aromatic N) is 1. The third kappa shape index (κ3) is 4.44. The zero-order chi connectivity index (χ0) is 26.3. The second-order valence-electron chi connectivity index (χ2n) is 8.79. The number of hydrogen-bond donors (Lipinski definition) is 1. The number of carbonyl (C=O) groups is 2. The zero-order valence-electron chi connectivity index (χ0n) is 20.4. The highest BCUT2D eigenvalue weighted by atomic mass is 35.5. The van der Waals surface area contributed by atoms with Crippen LogP contribution >= 0.6 is 11.6 Å². The molecule has 0 aromatic heterocycles. The fourth-order valence-electron chi connectivity index (χ4n) is 4.41. The molecule has 0 bridgehead atoms. The number of ether oxygens (including phenoxy) is 4. The molecule has 3 aromatic carbocycles. The SMILES string of the molecule is COc1cc(/C(O)=C2\C(=O)C(=O)N(c3ccc4c(c3)OCO4)C2c2ccc(OC(C)C)cc2)ccc1Cl. The van der Waals surface area contributed by atoms with Gasteiger partial charge in [0.1, 0.15) is 17.3 Å². The Morgan fingerprint density at radius 3 is 2.46 bits per heavy atom. The maximum absolute atomic E-state index is 13.4. The maximum Gasteiger partial charge on any atom is 0.300 e. The summed E-state index contributed by atoms with van der Waals surface area (Å²) in [5.41, 5.74) is 1.25. The third-order valence-electron chi connectivity index (χ3n) is 6.07. The summed E-state index contributed by atoms with van der Waals surface area (Å²) in [4.78, 5) is 28.2. The standard InChI is InChI=1S/C28H24ClNO7/c1-15(2)37-19-8-4-16(5-9-19)25-24(26(31)17-6-10-20(29)22(12-17)34-3)27(32)28(33)30(25)18-7-11-21-23(13-18)36-14-35-21/h4-13,15,25,31H,14H2,1-3H3/b26-24+. The third-order valence-corrected chi connectivity index (χ3v) is 6.38. The lowest BCUT2D eigenvalue weighted by atomic mass is 9.95. The summed E-state index contributed by atoms with van der Waals surface area (Å²) in [7, 11) is 1.45. The van der Waals surface area contributed by atoms with Crippen molar-refractivity contribution < 1.29 is 33.6 Å². The molecule has 1 atom stereocenters. The van der Waals surface area contributed by atoms with Gasteiger partial charge in [-0.2, -0.15) is 0 Å². The quantitative estimate of drug-likeness (QED) is 0.260. The van der Waals surface area contributed by atoms with Gasteiger partial charge in [-0.25, -0.2) is 0 Å². The normalized spacial score (nSPS) is 18.0. The van der Waals surface area contributed by atoms with Crippen LogP contribution in [-0.2, 0) is 9.59 Å². The highest BCUT2D eigenvalue weighted by Gasteiger charge is 2.47. The van der Waals surface area contributed by atoms with Crippen LogP contribution in [0, 0.1) is 0 Å². The minimum Gasteiger partial charge on any atom is -0.507 e. The summed E-state index contributed by atoms with van der Waals surface area (Å²) in [6.45, 7) is 3.91. The molecule has 8 nitrogen and oxygen atoms in total. The number of hydrogen-bond acceptors (Lipinski definition) is 7. The molecule has 0 spiro atoms. The number of aliphatic hydroxyl groups excluding tert-OH is 1. The Bertz CT molecular complexity index is 1410. The van der Waals surface area contributed by atoms with E-state index in [0.29, 0.717) is 39.3 Å². The average molecular weight is 522 g/mol. The van der Waals surface area contributed by atoms with E-state index in [1.54, 1.807) is 54.6 Å². The van der Waals surface area contributed by atoms with Crippen molar-refractivity contribution in [2.75, 3.05) is 18.8 Å². The Morgan fingerprint density at radius 2 is 1.76 bits per heavy atom. The van der Waals surface area contributed by atoms with Crippen LogP contribution in [0.3, 0.4) is 0 Å². The van der Waals surface area contributed by atoms with E-state index < -0.39 is 17.7 Å². The van der Waals surface area contributed by atoms with E-state index in [0.717, 1.165) is 0 Å². The number of rotatable bonds is 6. The van der Waals surface area contributed by atoms with Gasteiger partial charge in [-0.15, -0.1) is 0 Å². The molecular formula is C28H24ClNO7. The number of amides is 1. The molecule has 1 amide bonds. The van der Waals surface area contributed by atoms with Crippen molar-refractivity contribution in [2.24, 2.45) is 0 Å². The van der Waals surface area contributed by atoms with Crippen LogP contribution in [-0.4, -0.2) is 36.8 Å². The van der Waals surface area contributed by atoms with Gasteiger partial charge in [0.2, 0.25) is 6.79 Å². The van der Waals surface area contributed by atoms with Crippen LogP contribution in [0.15, 0.2) is 66.2 Å². The first-order valence-corrected chi connectivity index (χ1v) is 12.0. The molecule has 3 aromatic rings. The number of Topliss-reactive ketones (excluding diaryl/α,β-unsaturated/α-hetero) is 1. The van der Waals surface area contributed by atoms with Crippen LogP contribution in [0.5, 0.6) is 23.0 Å². The minimum atomic E-state index is -0.921. The number of carbonyl (C=O) groups excluding carboxylic acids is 2. The molecule has 2 heterocycles. The van der Waals surface area contributed by atoms with Gasteiger partial charge in [0.15, 0.2) is 11.5 Å². The van der Waals surface area contributed by atoms with Gasteiger partial charge in [-0.1, -0.05) is 23.7 Å². The Morgan fingerprint density at radius 1 is 1.03 bits per heavy atom. The molecule has 0 radical (unpaired) electrons. The molecule has 1 unspecified atom stereocenters. The topological polar surface area (TPSA) is 94.5 Å². The van der Waals surface area contributed by atoms with Gasteiger partial charge in [0.25, 0.3) is 11.7 Å². The lowest BCUT2D eigenvalue weighted by Crippen LogP contribution is -2.29. The largest absolute Gasteiger partial charge is 0.507 e. The van der Waals surface area contributed by atoms with Crippen molar-refractivity contribution in [2.45, 2.75) is 26.0 Å². The van der Waals surface area contributed by atoms with Crippen LogP contribution < -0.4 is 23.8 Å². The Balaban J connectivity index is 1.67. The zero-order valence-corrected chi connectivity index (χ0v) is 21.1. The predicted molar refractivity (Wildman–Crippen MR) is 138 cm³/mol. The number of fused-ring (bicyclic) bond motifs is 1. The molecule has 9 heteroatoms. The number of benzene rings is 3. The number of halogens is 1. The van der Waals surface area contributed by atoms with Crippen molar-refractivity contribution in [1.29, 1.82) is 0 Å². The summed E-state index contributed by atoms with van der Waals surface area (Å²) in [5.74, 6) is 0.0137. The molecule has 0 aliphatic carbocycles. The first kappa shape index (κ1) is 24.5. The molecule has 37 heavy (non-hydrogen) atoms. The monoisotopic (exact) mass is 521 g/mol. The van der Waals surface area contributed by atoms with Crippen molar-refractivity contribution in [1.82, 2.24) is 0 Å². The molecule has 5 rings (SSSR count). The highest BCUT2D eigenvalue weighted by Crippen LogP contribution is 2.45. The number of methoxy groups -OCH3 is 1. The van der Waals surface area contributed by atoms with Gasteiger partial charge in [-0.3, -0.25) is 14.5 Å². The molecule has 1 fully saturated rings. The smallest absolute Gasteiger partial charge is 0.300 e. The van der Waals surface area contributed by atoms with Gasteiger partial charge >= 0.3 is 0 Å². The molecule has 1 saturated heterocycles. The van der Waals surface area contributed by atoms with E-state index in [2.05, 4.69) is 0 Å². The molecule has 190 valence electrons. The summed E-state index contributed by atoms with van der Waals surface area (Å²) < 4.78 is 21.9. The van der Waals surface area contributed by atoms with Crippen molar-refractivity contribution >= 4 is 34.7 Å². The molecule has 2 aliphatic heterocycles. The lowest BCUT2D eigenvalue weighted by Gasteiger charge is -2.26. The van der Waals surface area contributed by atoms with E-state index in [-0.39, 0.29) is 29.8 Å². The fourth-order valence-corrected chi connectivity index (χ4v) is 4.61. The first-order valence-electron chi connectivity index (χ1n) is 11.6. The first-order chi connectivity index (χ1) is 17.8. The second-order valence-corrected chi connectivity index (χ2v) is 9.20. The lowest BCUT2D eigenvalue weighted by molar-refractivity contribution is -0.132. The van der Waals surface area contributed by atoms with E-state index in [1.807, 2.05) is 13.8 Å². The van der Waals surface area contributed by atoms with Crippen LogP contribution in [0.2, 0.25) is 5.02 Å². The predicted octanol–water partition coefficient (Wildman–Crippen LogP) is 5.49. The molecule has 1 N–H and O–H groups in total. The van der Waals surface area contributed by atoms with Crippen LogP contribution in [0.4, 0.5) is 5.69 Å². The van der Waals surface area contributed by atoms with Crippen molar-refractivity contribution in [3.63, 3.8) is 0 Å². The van der Waals surface area contributed by atoms with Gasteiger partial charge < -0.3 is 24.1 Å². The maximum atomic E-state index is 13.4. The Kier molecular flexibility index (Phi) is 6.43. The van der Waals surface area contributed by atoms with Crippen molar-refractivity contribution in [3.8, 4) is 23.0 Å². The Hall–Kier alpha value is -4.17. The number of anilines is 1. The molecule has 0 saturated carbocycles. The van der Waals surface area contributed by atoms with Crippen LogP contribution in [0.25, 0.3) is 5.76 Å². The highest BCUT2D eigenvalue weighted by molar-refractivity contribution is 6.51. The summed E-state index contributed by atoms with van der Waals surface area (Å²) in [6.07, 6.45) is -0.0231. The minimum absolute atomic E-state index is 0.0231. The second kappa shape index (κ2) is 9.71. The van der Waals surface area contributed by atoms with E-state index in [9.17, 15) is 14.7 Å². The van der Waals surface area contributed by atoms with Gasteiger partial charge in [-0.05, 0) is 61.9 Å². The van der Waals surface area contributed by atoms with Crippen molar-refractivity contribution in [3.05, 3.63) is 82.4 Å². The number of ketones is 1. The van der Waals surface area contributed by atoms with E-state index in [1.165, 1.54) is 18.1 Å². The van der Waals surface area contributed by atoms with Gasteiger partial charge in [0, 0.05) is 17.3 Å². The van der Waals surface area contributed by atoms with Crippen LogP contribution in [0.1, 0.15) is 31.0 Å². The van der Waals surface area contributed by atoms with E-state index in [4.69, 9.17) is 30.5 Å². The summed E-state index contributed by atoms with van der Waals surface area (Å²) in [6, 6.07) is 15.8. The van der Waals surface area contributed by atoms with E-state index >= 15 is 0 Å². The average Bonchev–Trinajstić information content (AvgIpc) is 3.46. The Labute approximate surface area is 218 Å². The molecule has 2 aliphatic rings. The molecular weight excluding hydrogens is 498 g/mol. The summed E-state index contributed by atoms with van der Waals surface area (Å²) >= 11 is 6.15. The van der Waals surface area contributed by atoms with Gasteiger partial charge in [0.05, 0.1) is 29.9 Å².